The predicted octanol–water partition coefficient (Wildman–Crippen LogP) is 5.98. The predicted molar refractivity (Wildman–Crippen MR) is 102 cm³/mol. The molecule has 0 aromatic heterocycles. The summed E-state index contributed by atoms with van der Waals surface area (Å²) in [5.41, 5.74) is 3.81. The van der Waals surface area contributed by atoms with Gasteiger partial charge in [-0.15, -0.1) is 0 Å². The molecule has 0 amide bonds. The van der Waals surface area contributed by atoms with Crippen LogP contribution in [0.25, 0.3) is 0 Å². The fourth-order valence-corrected chi connectivity index (χ4v) is 2.49. The van der Waals surface area contributed by atoms with E-state index in [-0.39, 0.29) is 21.9 Å². The van der Waals surface area contributed by atoms with Crippen LogP contribution in [0.15, 0.2) is 16.3 Å². The van der Waals surface area contributed by atoms with Gasteiger partial charge in [-0.1, -0.05) is 41.5 Å². The highest BCUT2D eigenvalue weighted by Gasteiger charge is 2.30. The Morgan fingerprint density at radius 2 is 1.09 bits per heavy atom. The van der Waals surface area contributed by atoms with Crippen LogP contribution in [0.3, 0.4) is 0 Å². The molecule has 0 bridgehead atoms. The monoisotopic (exact) mass is 308 g/mol. The summed E-state index contributed by atoms with van der Waals surface area (Å²) in [5.74, 6) is 0. The van der Waals surface area contributed by atoms with Crippen molar-refractivity contribution < 1.29 is 0 Å². The average molecular weight is 309 g/mol. The first-order valence-electron chi connectivity index (χ1n) is 8.45. The second-order valence-electron chi connectivity index (χ2n) is 10.5. The smallest absolute Gasteiger partial charge is 0.0527 e. The van der Waals surface area contributed by atoms with E-state index in [4.69, 9.17) is 4.99 Å². The van der Waals surface area contributed by atoms with Crippen LogP contribution in [0.5, 0.6) is 0 Å². The molecular formula is C20H40N2. The van der Waals surface area contributed by atoms with Crippen LogP contribution in [0, 0.1) is 10.8 Å². The number of nitrogens with one attached hydrogen (secondary N) is 1. The fraction of sp³-hybridized carbons (Fsp3) is 0.850. The molecule has 0 rings (SSSR count). The molecule has 0 atom stereocenters. The van der Waals surface area contributed by atoms with Gasteiger partial charge in [0, 0.05) is 27.8 Å². The second-order valence-corrected chi connectivity index (χ2v) is 10.5. The first kappa shape index (κ1) is 21.2. The Bertz CT molecular complexity index is 438. The van der Waals surface area contributed by atoms with Gasteiger partial charge >= 0.3 is 0 Å². The summed E-state index contributed by atoms with van der Waals surface area (Å²) >= 11 is 0. The second kappa shape index (κ2) is 6.37. The first-order valence-corrected chi connectivity index (χ1v) is 8.45. The van der Waals surface area contributed by atoms with Crippen molar-refractivity contribution in [1.82, 2.24) is 5.32 Å². The van der Waals surface area contributed by atoms with E-state index >= 15 is 0 Å². The summed E-state index contributed by atoms with van der Waals surface area (Å²) < 4.78 is 0. The van der Waals surface area contributed by atoms with Gasteiger partial charge in [0.1, 0.15) is 0 Å². The summed E-state index contributed by atoms with van der Waals surface area (Å²) in [4.78, 5) is 5.06. The molecule has 0 unspecified atom stereocenters. The summed E-state index contributed by atoms with van der Waals surface area (Å²) in [6, 6.07) is 0. The van der Waals surface area contributed by atoms with Gasteiger partial charge in [0.05, 0.1) is 5.54 Å². The Hall–Kier alpha value is -0.790. The van der Waals surface area contributed by atoms with Crippen LogP contribution in [0.4, 0.5) is 0 Å². The summed E-state index contributed by atoms with van der Waals surface area (Å²) in [6.45, 7) is 28.9. The van der Waals surface area contributed by atoms with Crippen molar-refractivity contribution in [2.24, 2.45) is 15.8 Å². The molecule has 0 fully saturated rings. The minimum atomic E-state index is -0.0748. The zero-order valence-electron chi connectivity index (χ0n) is 17.4. The van der Waals surface area contributed by atoms with Crippen molar-refractivity contribution in [1.29, 1.82) is 0 Å². The van der Waals surface area contributed by atoms with Crippen LogP contribution in [-0.2, 0) is 0 Å². The molecule has 0 saturated carbocycles. The Labute approximate surface area is 139 Å². The summed E-state index contributed by atoms with van der Waals surface area (Å²) in [6.07, 6.45) is 0. The molecule has 22 heavy (non-hydrogen) atoms. The van der Waals surface area contributed by atoms with E-state index in [0.717, 1.165) is 0 Å². The zero-order chi connectivity index (χ0) is 18.1. The van der Waals surface area contributed by atoms with Crippen LogP contribution >= 0.6 is 0 Å². The largest absolute Gasteiger partial charge is 0.383 e. The van der Waals surface area contributed by atoms with Gasteiger partial charge in [-0.3, -0.25) is 4.99 Å². The molecule has 0 saturated heterocycles. The Kier molecular flexibility index (Phi) is 6.14. The van der Waals surface area contributed by atoms with Crippen LogP contribution in [0.1, 0.15) is 90.0 Å². The molecule has 0 aliphatic rings. The highest BCUT2D eigenvalue weighted by molar-refractivity contribution is 6.04. The molecule has 2 heteroatoms. The molecule has 2 nitrogen and oxygen atoms in total. The molecule has 0 radical (unpaired) electrons. The molecule has 130 valence electrons. The Balaban J connectivity index is 6.33. The van der Waals surface area contributed by atoms with Gasteiger partial charge in [0.2, 0.25) is 0 Å². The Morgan fingerprint density at radius 1 is 0.682 bits per heavy atom. The maximum Gasteiger partial charge on any atom is 0.0527 e. The number of hydrogen-bond acceptors (Lipinski definition) is 2. The molecule has 0 aromatic rings. The van der Waals surface area contributed by atoms with E-state index in [2.05, 4.69) is 95.3 Å². The van der Waals surface area contributed by atoms with E-state index in [9.17, 15) is 0 Å². The highest BCUT2D eigenvalue weighted by Crippen LogP contribution is 2.33. The number of allylic oxidation sites excluding steroid dienone is 2. The number of rotatable bonds is 2. The lowest BCUT2D eigenvalue weighted by molar-refractivity contribution is 0.379. The molecule has 0 aliphatic carbocycles. The van der Waals surface area contributed by atoms with Gasteiger partial charge < -0.3 is 5.32 Å². The van der Waals surface area contributed by atoms with Crippen molar-refractivity contribution in [2.75, 3.05) is 0 Å². The maximum atomic E-state index is 5.06. The van der Waals surface area contributed by atoms with E-state index in [1.165, 1.54) is 17.0 Å². The van der Waals surface area contributed by atoms with E-state index < -0.39 is 0 Å². The fourth-order valence-electron chi connectivity index (χ4n) is 2.49. The lowest BCUT2D eigenvalue weighted by atomic mass is 9.79. The van der Waals surface area contributed by atoms with Crippen molar-refractivity contribution >= 4 is 5.71 Å². The molecular weight excluding hydrogens is 268 g/mol. The lowest BCUT2D eigenvalue weighted by Crippen LogP contribution is -2.41. The quantitative estimate of drug-likeness (QED) is 0.623. The van der Waals surface area contributed by atoms with Crippen LogP contribution in [-0.4, -0.2) is 16.8 Å². The van der Waals surface area contributed by atoms with Gasteiger partial charge in [-0.25, -0.2) is 0 Å². The van der Waals surface area contributed by atoms with Crippen LogP contribution < -0.4 is 5.32 Å². The lowest BCUT2D eigenvalue weighted by Gasteiger charge is -2.36. The molecule has 0 aliphatic heterocycles. The minimum Gasteiger partial charge on any atom is -0.383 e. The molecule has 0 spiro atoms. The standard InChI is InChI=1S/C20H40N2/c1-14(15(17(2,3)4)21-19(8,9)10)16(18(5,6)7)22-20(11,12)13/h21H,1-13H3/b15-14-,22-16+. The Morgan fingerprint density at radius 3 is 1.32 bits per heavy atom. The van der Waals surface area contributed by atoms with E-state index in [1.807, 2.05) is 0 Å². The number of hydrogen-bond donors (Lipinski definition) is 1. The third-order valence-electron chi connectivity index (χ3n) is 3.14. The van der Waals surface area contributed by atoms with Crippen molar-refractivity contribution in [3.8, 4) is 0 Å². The van der Waals surface area contributed by atoms with Gasteiger partial charge in [0.25, 0.3) is 0 Å². The molecule has 1 N–H and O–H groups in total. The van der Waals surface area contributed by atoms with Gasteiger partial charge in [-0.2, -0.15) is 0 Å². The third kappa shape index (κ3) is 7.47. The van der Waals surface area contributed by atoms with E-state index in [0.29, 0.717) is 0 Å². The highest BCUT2D eigenvalue weighted by atomic mass is 15.0. The zero-order valence-corrected chi connectivity index (χ0v) is 17.4. The van der Waals surface area contributed by atoms with Gasteiger partial charge in [0.15, 0.2) is 0 Å². The number of nitrogens with zero attached hydrogens (tertiary/aromatic N) is 1. The third-order valence-corrected chi connectivity index (χ3v) is 3.14. The number of aliphatic imine (C=N–C) groups is 1. The van der Waals surface area contributed by atoms with Gasteiger partial charge in [-0.05, 0) is 54.0 Å². The van der Waals surface area contributed by atoms with Crippen molar-refractivity contribution in [2.45, 2.75) is 101 Å². The SMILES string of the molecule is CC(/C(=N\C(C)(C)C)C(C)(C)C)=C(/NC(C)(C)C)C(C)(C)C. The maximum absolute atomic E-state index is 5.06. The van der Waals surface area contributed by atoms with Crippen molar-refractivity contribution in [3.05, 3.63) is 11.3 Å². The molecule has 0 aromatic carbocycles. The topological polar surface area (TPSA) is 24.4 Å². The normalized spacial score (nSPS) is 16.5. The first-order chi connectivity index (χ1) is 9.34. The van der Waals surface area contributed by atoms with Crippen molar-refractivity contribution in [3.63, 3.8) is 0 Å². The van der Waals surface area contributed by atoms with Crippen LogP contribution in [0.2, 0.25) is 0 Å². The van der Waals surface area contributed by atoms with E-state index in [1.54, 1.807) is 0 Å². The molecule has 0 heterocycles. The summed E-state index contributed by atoms with van der Waals surface area (Å²) in [7, 11) is 0. The minimum absolute atomic E-state index is 0.0213. The average Bonchev–Trinajstić information content (AvgIpc) is 2.16. The summed E-state index contributed by atoms with van der Waals surface area (Å²) in [5, 5.41) is 3.73.